The Morgan fingerprint density at radius 2 is 2.33 bits per heavy atom. The molecule has 0 aliphatic carbocycles. The maximum atomic E-state index is 5.54. The minimum Gasteiger partial charge on any atom is -0.424 e. The van der Waals surface area contributed by atoms with Crippen LogP contribution in [0, 0.1) is 6.92 Å². The molecule has 1 unspecified atom stereocenters. The van der Waals surface area contributed by atoms with Crippen molar-refractivity contribution in [3.05, 3.63) is 40.2 Å². The lowest BCUT2D eigenvalue weighted by Crippen LogP contribution is -2.33. The molecule has 0 amide bonds. The molecule has 21 heavy (non-hydrogen) atoms. The highest BCUT2D eigenvalue weighted by Crippen LogP contribution is 2.21. The maximum absolute atomic E-state index is 5.54. The average Bonchev–Trinajstić information content (AvgIpc) is 3.07. The van der Waals surface area contributed by atoms with Gasteiger partial charge in [0.05, 0.1) is 6.54 Å². The summed E-state index contributed by atoms with van der Waals surface area (Å²) in [5.74, 6) is 1.37. The molecule has 2 aromatic rings. The molecule has 0 N–H and O–H groups in total. The number of nitrogens with zero attached hydrogens (tertiary/aromatic N) is 3. The highest BCUT2D eigenvalue weighted by atomic mass is 32.1. The third-order valence-electron chi connectivity index (χ3n) is 3.85. The Bertz CT molecular complexity index is 576. The molecule has 5 heteroatoms. The first kappa shape index (κ1) is 14.5. The maximum Gasteiger partial charge on any atom is 0.230 e. The lowest BCUT2D eigenvalue weighted by molar-refractivity contribution is 0.203. The van der Waals surface area contributed by atoms with Crippen LogP contribution in [-0.4, -0.2) is 27.7 Å². The van der Waals surface area contributed by atoms with Crippen LogP contribution in [0.2, 0.25) is 0 Å². The third-order valence-corrected chi connectivity index (χ3v) is 4.68. The number of aromatic nitrogens is 2. The van der Waals surface area contributed by atoms with Crippen LogP contribution in [-0.2, 0) is 6.54 Å². The van der Waals surface area contributed by atoms with E-state index in [-0.39, 0.29) is 0 Å². The molecular weight excluding hydrogens is 282 g/mol. The van der Waals surface area contributed by atoms with Gasteiger partial charge in [-0.15, -0.1) is 21.5 Å². The van der Waals surface area contributed by atoms with Crippen molar-refractivity contribution in [2.45, 2.75) is 45.2 Å². The van der Waals surface area contributed by atoms with Crippen LogP contribution in [0.3, 0.4) is 0 Å². The highest BCUT2D eigenvalue weighted by Gasteiger charge is 2.20. The topological polar surface area (TPSA) is 42.2 Å². The van der Waals surface area contributed by atoms with Gasteiger partial charge in [-0.3, -0.25) is 4.90 Å². The summed E-state index contributed by atoms with van der Waals surface area (Å²) in [7, 11) is 0. The third kappa shape index (κ3) is 4.02. The second-order valence-corrected chi connectivity index (χ2v) is 6.46. The minimum absolute atomic E-state index is 0.460. The number of likely N-dealkylation sites (tertiary alicyclic amines) is 1. The van der Waals surface area contributed by atoms with Gasteiger partial charge in [0.15, 0.2) is 0 Å². The number of aryl methyl sites for hydroxylation is 1. The van der Waals surface area contributed by atoms with Gasteiger partial charge in [-0.2, -0.15) is 0 Å². The Labute approximate surface area is 129 Å². The van der Waals surface area contributed by atoms with Crippen molar-refractivity contribution < 1.29 is 4.42 Å². The van der Waals surface area contributed by atoms with Crippen LogP contribution in [0.5, 0.6) is 0 Å². The van der Waals surface area contributed by atoms with E-state index >= 15 is 0 Å². The van der Waals surface area contributed by atoms with Crippen molar-refractivity contribution >= 4 is 17.4 Å². The second-order valence-electron chi connectivity index (χ2n) is 5.48. The van der Waals surface area contributed by atoms with Crippen LogP contribution >= 0.6 is 11.3 Å². The molecule has 0 spiro atoms. The van der Waals surface area contributed by atoms with Crippen LogP contribution in [0.1, 0.15) is 42.3 Å². The minimum atomic E-state index is 0.460. The van der Waals surface area contributed by atoms with Crippen LogP contribution in [0.25, 0.3) is 6.08 Å². The summed E-state index contributed by atoms with van der Waals surface area (Å²) in [6.45, 7) is 3.69. The summed E-state index contributed by atoms with van der Waals surface area (Å²) in [6, 6.07) is 4.71. The fourth-order valence-corrected chi connectivity index (χ4v) is 3.40. The Balaban J connectivity index is 1.70. The fourth-order valence-electron chi connectivity index (χ4n) is 2.77. The molecule has 1 fully saturated rings. The van der Waals surface area contributed by atoms with Crippen molar-refractivity contribution in [3.8, 4) is 0 Å². The number of hydrogen-bond acceptors (Lipinski definition) is 5. The standard InChI is InChI=1S/C16H21N3OS/c1-13-17-18-16(20-13)12-19-10-4-2-3-6-14(19)8-9-15-7-5-11-21-15/h5,7-9,11,14H,2-4,6,10,12H2,1H3. The average molecular weight is 303 g/mol. The molecule has 112 valence electrons. The molecular formula is C16H21N3OS. The van der Waals surface area contributed by atoms with Gasteiger partial charge >= 0.3 is 0 Å². The molecule has 0 saturated carbocycles. The van der Waals surface area contributed by atoms with Crippen LogP contribution in [0.4, 0.5) is 0 Å². The summed E-state index contributed by atoms with van der Waals surface area (Å²) in [5.41, 5.74) is 0. The van der Waals surface area contributed by atoms with E-state index in [1.807, 2.05) is 6.92 Å². The number of thiophene rings is 1. The smallest absolute Gasteiger partial charge is 0.230 e. The van der Waals surface area contributed by atoms with E-state index in [9.17, 15) is 0 Å². The molecule has 0 aromatic carbocycles. The van der Waals surface area contributed by atoms with Crippen molar-refractivity contribution in [1.29, 1.82) is 0 Å². The Hall–Kier alpha value is -1.46. The molecule has 1 atom stereocenters. The van der Waals surface area contributed by atoms with Gasteiger partial charge in [0.1, 0.15) is 0 Å². The van der Waals surface area contributed by atoms with E-state index in [0.29, 0.717) is 11.9 Å². The predicted octanol–water partition coefficient (Wildman–Crippen LogP) is 3.90. The molecule has 4 nitrogen and oxygen atoms in total. The largest absolute Gasteiger partial charge is 0.424 e. The summed E-state index contributed by atoms with van der Waals surface area (Å²) in [6.07, 6.45) is 9.63. The number of rotatable bonds is 4. The zero-order valence-electron chi connectivity index (χ0n) is 12.4. The lowest BCUT2D eigenvalue weighted by Gasteiger charge is -2.26. The summed E-state index contributed by atoms with van der Waals surface area (Å²) >= 11 is 1.78. The summed E-state index contributed by atoms with van der Waals surface area (Å²) in [5, 5.41) is 10.2. The van der Waals surface area contributed by atoms with Gasteiger partial charge in [0.25, 0.3) is 0 Å². The fraction of sp³-hybridized carbons (Fsp3) is 0.500. The highest BCUT2D eigenvalue weighted by molar-refractivity contribution is 7.10. The first-order valence-corrected chi connectivity index (χ1v) is 8.44. The van der Waals surface area contributed by atoms with Gasteiger partial charge in [0.2, 0.25) is 11.8 Å². The zero-order chi connectivity index (χ0) is 14.5. The van der Waals surface area contributed by atoms with E-state index in [2.05, 4.69) is 44.8 Å². The lowest BCUT2D eigenvalue weighted by atomic mass is 10.1. The first-order chi connectivity index (χ1) is 10.3. The van der Waals surface area contributed by atoms with E-state index in [1.54, 1.807) is 11.3 Å². The molecule has 3 heterocycles. The van der Waals surface area contributed by atoms with Gasteiger partial charge < -0.3 is 4.42 Å². The van der Waals surface area contributed by atoms with E-state index in [0.717, 1.165) is 19.0 Å². The molecule has 3 rings (SSSR count). The molecule has 2 aromatic heterocycles. The quantitative estimate of drug-likeness (QED) is 0.859. The molecule has 0 bridgehead atoms. The van der Waals surface area contributed by atoms with E-state index in [4.69, 9.17) is 4.42 Å². The summed E-state index contributed by atoms with van der Waals surface area (Å²) < 4.78 is 5.54. The van der Waals surface area contributed by atoms with Gasteiger partial charge in [0, 0.05) is 17.8 Å². The Kier molecular flexibility index (Phi) is 4.83. The Morgan fingerprint density at radius 1 is 1.38 bits per heavy atom. The molecule has 1 saturated heterocycles. The predicted molar refractivity (Wildman–Crippen MR) is 85.1 cm³/mol. The van der Waals surface area contributed by atoms with Crippen molar-refractivity contribution in [2.75, 3.05) is 6.54 Å². The molecule has 1 aliphatic heterocycles. The van der Waals surface area contributed by atoms with E-state index in [1.165, 1.54) is 30.6 Å². The Morgan fingerprint density at radius 3 is 3.10 bits per heavy atom. The van der Waals surface area contributed by atoms with Crippen molar-refractivity contribution in [3.63, 3.8) is 0 Å². The van der Waals surface area contributed by atoms with Crippen molar-refractivity contribution in [1.82, 2.24) is 15.1 Å². The van der Waals surface area contributed by atoms with Gasteiger partial charge in [-0.05, 0) is 36.9 Å². The zero-order valence-corrected chi connectivity index (χ0v) is 13.2. The SMILES string of the molecule is Cc1nnc(CN2CCCCCC2C=Cc2cccs2)o1. The normalized spacial score (nSPS) is 20.9. The first-order valence-electron chi connectivity index (χ1n) is 7.56. The van der Waals surface area contributed by atoms with Crippen molar-refractivity contribution in [2.24, 2.45) is 0 Å². The number of hydrogen-bond donors (Lipinski definition) is 0. The molecule has 1 aliphatic rings. The second kappa shape index (κ2) is 7.00. The molecule has 0 radical (unpaired) electrons. The van der Waals surface area contributed by atoms with Gasteiger partial charge in [-0.1, -0.05) is 25.0 Å². The van der Waals surface area contributed by atoms with Gasteiger partial charge in [-0.25, -0.2) is 0 Å². The monoisotopic (exact) mass is 303 g/mol. The summed E-state index contributed by atoms with van der Waals surface area (Å²) in [4.78, 5) is 3.78. The van der Waals surface area contributed by atoms with E-state index < -0.39 is 0 Å². The van der Waals surface area contributed by atoms with Crippen LogP contribution in [0.15, 0.2) is 28.0 Å². The van der Waals surface area contributed by atoms with Crippen LogP contribution < -0.4 is 0 Å².